The van der Waals surface area contributed by atoms with E-state index in [9.17, 15) is 0 Å². The number of hydrogen-bond acceptors (Lipinski definition) is 4. The molecule has 250 valence electrons. The molecule has 4 aromatic carbocycles. The first-order valence-electron chi connectivity index (χ1n) is 18.7. The maximum absolute atomic E-state index is 4.07. The van der Waals surface area contributed by atoms with Crippen LogP contribution >= 0.6 is 0 Å². The fraction of sp³-hybridized carbons (Fsp3) is 0.217. The summed E-state index contributed by atoms with van der Waals surface area (Å²) in [6, 6.07) is 30.5. The molecule has 1 fully saturated rings. The predicted octanol–water partition coefficient (Wildman–Crippen LogP) is 8.79. The monoisotopic (exact) mass is 663 g/mol. The maximum atomic E-state index is 4.07. The van der Waals surface area contributed by atoms with Crippen LogP contribution in [0.3, 0.4) is 0 Å². The summed E-state index contributed by atoms with van der Waals surface area (Å²) in [5.41, 5.74) is 14.7. The molecule has 5 nitrogen and oxygen atoms in total. The van der Waals surface area contributed by atoms with Crippen LogP contribution in [0, 0.1) is 5.92 Å². The molecule has 5 atom stereocenters. The Bertz CT molecular complexity index is 2420. The average Bonchev–Trinajstić information content (AvgIpc) is 3.93. The second-order valence-electron chi connectivity index (χ2n) is 14.9. The number of rotatable bonds is 4. The van der Waals surface area contributed by atoms with Gasteiger partial charge in [-0.2, -0.15) is 0 Å². The predicted molar refractivity (Wildman–Crippen MR) is 210 cm³/mol. The van der Waals surface area contributed by atoms with Crippen molar-refractivity contribution in [1.29, 1.82) is 0 Å². The molecular formula is C46H41N5. The van der Waals surface area contributed by atoms with Crippen molar-refractivity contribution in [3.8, 4) is 11.1 Å². The number of nitrogens with one attached hydrogen (secondary N) is 4. The molecule has 1 saturated heterocycles. The third kappa shape index (κ3) is 4.65. The van der Waals surface area contributed by atoms with E-state index in [1.807, 2.05) is 6.20 Å². The van der Waals surface area contributed by atoms with E-state index in [-0.39, 0.29) is 6.04 Å². The lowest BCUT2D eigenvalue weighted by Crippen LogP contribution is -2.47. The Morgan fingerprint density at radius 3 is 2.47 bits per heavy atom. The van der Waals surface area contributed by atoms with E-state index in [0.29, 0.717) is 24.2 Å². The summed E-state index contributed by atoms with van der Waals surface area (Å²) >= 11 is 0. The van der Waals surface area contributed by atoms with Gasteiger partial charge in [-0.15, -0.1) is 0 Å². The van der Waals surface area contributed by atoms with Crippen molar-refractivity contribution in [2.75, 3.05) is 25.0 Å². The van der Waals surface area contributed by atoms with E-state index in [1.165, 1.54) is 66.3 Å². The zero-order valence-corrected chi connectivity index (χ0v) is 28.6. The van der Waals surface area contributed by atoms with Crippen molar-refractivity contribution in [2.24, 2.45) is 5.92 Å². The fourth-order valence-electron chi connectivity index (χ4n) is 9.82. The SMILES string of the molecule is C1=CC2NC(c3ccc(-c4ccc(C5=CCNc6c5ccc5cc[nH]c65)c5ccccc45)cc3)C3=C(C2C=C1)C1NC(C2=CCCC=C2)CN1C3. The van der Waals surface area contributed by atoms with Crippen molar-refractivity contribution in [3.05, 3.63) is 167 Å². The number of aromatic amines is 1. The molecule has 0 radical (unpaired) electrons. The average molecular weight is 664 g/mol. The summed E-state index contributed by atoms with van der Waals surface area (Å²) in [7, 11) is 0. The van der Waals surface area contributed by atoms with Crippen LogP contribution in [0.4, 0.5) is 5.69 Å². The van der Waals surface area contributed by atoms with Crippen molar-refractivity contribution in [1.82, 2.24) is 20.5 Å². The van der Waals surface area contributed by atoms with Gasteiger partial charge < -0.3 is 10.3 Å². The van der Waals surface area contributed by atoms with Gasteiger partial charge >= 0.3 is 0 Å². The molecule has 5 heterocycles. The highest BCUT2D eigenvalue weighted by Gasteiger charge is 2.48. The highest BCUT2D eigenvalue weighted by atomic mass is 15.4. The summed E-state index contributed by atoms with van der Waals surface area (Å²) in [6.45, 7) is 2.88. The molecule has 1 aromatic heterocycles. The smallest absolute Gasteiger partial charge is 0.0838 e. The highest BCUT2D eigenvalue weighted by molar-refractivity contribution is 6.08. The Balaban J connectivity index is 0.934. The number of hydrogen-bond donors (Lipinski definition) is 4. The number of fused-ring (bicyclic) bond motifs is 8. The summed E-state index contributed by atoms with van der Waals surface area (Å²) in [5.74, 6) is 0.387. The standard InChI is InChI=1S/C46H41N5/c1-2-8-29(9-3-1)41-27-51-26-39-42(46(51)50-41)38-12-6-7-13-40(38)49-43(39)30-16-14-28(15-17-30)32-20-21-35(34-11-5-4-10-33(32)34)36-23-25-48-45-37(36)19-18-31-22-24-47-44(31)45/h2,4-24,38,40-41,43,46-50H,1,3,25-27H2. The van der Waals surface area contributed by atoms with Crippen LogP contribution in [0.1, 0.15) is 35.6 Å². The van der Waals surface area contributed by atoms with Crippen LogP contribution in [-0.4, -0.2) is 47.8 Å². The maximum Gasteiger partial charge on any atom is 0.0838 e. The zero-order valence-electron chi connectivity index (χ0n) is 28.6. The lowest BCUT2D eigenvalue weighted by atomic mass is 9.78. The minimum Gasteiger partial charge on any atom is -0.379 e. The van der Waals surface area contributed by atoms with Gasteiger partial charge in [-0.25, -0.2) is 0 Å². The molecule has 0 saturated carbocycles. The van der Waals surface area contributed by atoms with Gasteiger partial charge in [0.25, 0.3) is 0 Å². The molecular weight excluding hydrogens is 623 g/mol. The summed E-state index contributed by atoms with van der Waals surface area (Å²) in [5, 5.41) is 15.6. The van der Waals surface area contributed by atoms with Gasteiger partial charge in [-0.05, 0) is 74.2 Å². The van der Waals surface area contributed by atoms with E-state index in [0.717, 1.165) is 32.5 Å². The number of aromatic nitrogens is 1. The molecule has 4 aliphatic heterocycles. The van der Waals surface area contributed by atoms with Crippen LogP contribution in [0.2, 0.25) is 0 Å². The minimum absolute atomic E-state index is 0.197. The Morgan fingerprint density at radius 1 is 0.745 bits per heavy atom. The van der Waals surface area contributed by atoms with Gasteiger partial charge in [0, 0.05) is 54.8 Å². The van der Waals surface area contributed by atoms with Crippen molar-refractivity contribution in [3.63, 3.8) is 0 Å². The lowest BCUT2D eigenvalue weighted by Gasteiger charge is -2.39. The Kier molecular flexibility index (Phi) is 6.76. The molecule has 0 bridgehead atoms. The molecule has 5 heteroatoms. The number of anilines is 1. The lowest BCUT2D eigenvalue weighted by molar-refractivity contribution is 0.313. The van der Waals surface area contributed by atoms with Crippen LogP contribution in [0.25, 0.3) is 38.4 Å². The van der Waals surface area contributed by atoms with Crippen molar-refractivity contribution < 1.29 is 0 Å². The van der Waals surface area contributed by atoms with Crippen molar-refractivity contribution >= 4 is 32.9 Å². The molecule has 11 rings (SSSR count). The summed E-state index contributed by atoms with van der Waals surface area (Å²) in [6.07, 6.45) is 23.3. The second-order valence-corrected chi connectivity index (χ2v) is 14.9. The second kappa shape index (κ2) is 11.7. The van der Waals surface area contributed by atoms with E-state index in [1.54, 1.807) is 11.1 Å². The highest BCUT2D eigenvalue weighted by Crippen LogP contribution is 2.46. The molecule has 5 unspecified atom stereocenters. The Hall–Kier alpha value is -5.20. The molecule has 0 spiro atoms. The first-order chi connectivity index (χ1) is 25.3. The largest absolute Gasteiger partial charge is 0.379 e. The summed E-state index contributed by atoms with van der Waals surface area (Å²) in [4.78, 5) is 6.13. The first-order valence-corrected chi connectivity index (χ1v) is 18.7. The van der Waals surface area contributed by atoms with Crippen LogP contribution in [0.15, 0.2) is 150 Å². The first kappa shape index (κ1) is 29.5. The number of H-pyrrole nitrogens is 1. The van der Waals surface area contributed by atoms with Crippen LogP contribution in [-0.2, 0) is 0 Å². The minimum atomic E-state index is 0.197. The summed E-state index contributed by atoms with van der Waals surface area (Å²) < 4.78 is 0. The number of benzene rings is 4. The van der Waals surface area contributed by atoms with Crippen molar-refractivity contribution in [2.45, 2.75) is 37.1 Å². The topological polar surface area (TPSA) is 55.1 Å². The number of nitrogens with zero attached hydrogens (tertiary/aromatic N) is 1. The molecule has 0 amide bonds. The zero-order chi connectivity index (χ0) is 33.5. The molecule has 5 aromatic rings. The van der Waals surface area contributed by atoms with E-state index < -0.39 is 0 Å². The van der Waals surface area contributed by atoms with Gasteiger partial charge in [-0.1, -0.05) is 121 Å². The Morgan fingerprint density at radius 2 is 1.59 bits per heavy atom. The van der Waals surface area contributed by atoms with Gasteiger partial charge in [-0.3, -0.25) is 15.5 Å². The normalized spacial score (nSPS) is 26.5. The third-order valence-electron chi connectivity index (χ3n) is 12.2. The van der Waals surface area contributed by atoms with E-state index >= 15 is 0 Å². The molecule has 6 aliphatic rings. The quantitative estimate of drug-likeness (QED) is 0.145. The Labute approximate surface area is 298 Å². The van der Waals surface area contributed by atoms with Gasteiger partial charge in [0.05, 0.1) is 23.4 Å². The van der Waals surface area contributed by atoms with Gasteiger partial charge in [0.1, 0.15) is 0 Å². The third-order valence-corrected chi connectivity index (χ3v) is 12.2. The molecule has 51 heavy (non-hydrogen) atoms. The molecule has 2 aliphatic carbocycles. The fourth-order valence-corrected chi connectivity index (χ4v) is 9.82. The number of allylic oxidation sites excluding steroid dienone is 4. The van der Waals surface area contributed by atoms with E-state index in [2.05, 4.69) is 153 Å². The van der Waals surface area contributed by atoms with Crippen LogP contribution in [0.5, 0.6) is 0 Å². The van der Waals surface area contributed by atoms with Gasteiger partial charge in [0.15, 0.2) is 0 Å². The van der Waals surface area contributed by atoms with Crippen LogP contribution < -0.4 is 16.0 Å². The van der Waals surface area contributed by atoms with E-state index in [4.69, 9.17) is 0 Å². The van der Waals surface area contributed by atoms with Gasteiger partial charge in [0.2, 0.25) is 0 Å². The molecule has 4 N–H and O–H groups in total.